The smallest absolute Gasteiger partial charge is 0.143 e. The van der Waals surface area contributed by atoms with Crippen molar-refractivity contribution >= 4 is 11.6 Å². The van der Waals surface area contributed by atoms with E-state index < -0.39 is 5.82 Å². The van der Waals surface area contributed by atoms with Gasteiger partial charge in [-0.15, -0.1) is 0 Å². The number of nitriles is 1. The van der Waals surface area contributed by atoms with Crippen LogP contribution in [0.5, 0.6) is 5.75 Å². The molecule has 0 saturated carbocycles. The number of methoxy groups -OCH3 is 1. The van der Waals surface area contributed by atoms with E-state index in [2.05, 4.69) is 12.2 Å². The van der Waals surface area contributed by atoms with Gasteiger partial charge in [0.25, 0.3) is 0 Å². The third kappa shape index (κ3) is 5.88. The molecule has 0 aliphatic carbocycles. The Hall–Kier alpha value is -1.35. The Bertz CT molecular complexity index is 491. The van der Waals surface area contributed by atoms with Gasteiger partial charge in [-0.25, -0.2) is 4.39 Å². The van der Waals surface area contributed by atoms with Crippen LogP contribution < -0.4 is 10.1 Å². The lowest BCUT2D eigenvalue weighted by Crippen LogP contribution is -2.32. The van der Waals surface area contributed by atoms with Crippen molar-refractivity contribution in [3.8, 4) is 11.8 Å². The van der Waals surface area contributed by atoms with Crippen LogP contribution in [0, 0.1) is 17.1 Å². The SMILES string of the molecule is CCC(CCOc1cc(Cl)c(F)cc1C#N)NCCOC. The number of nitrogens with zero attached hydrogens (tertiary/aromatic N) is 1. The second-order valence-electron chi connectivity index (χ2n) is 4.56. The zero-order valence-electron chi connectivity index (χ0n) is 12.3. The number of nitrogens with one attached hydrogen (secondary N) is 1. The maximum Gasteiger partial charge on any atom is 0.143 e. The van der Waals surface area contributed by atoms with E-state index in [-0.39, 0.29) is 10.6 Å². The van der Waals surface area contributed by atoms with E-state index >= 15 is 0 Å². The molecule has 0 radical (unpaired) electrons. The summed E-state index contributed by atoms with van der Waals surface area (Å²) >= 11 is 5.71. The molecular weight excluding hydrogens is 295 g/mol. The number of hydrogen-bond acceptors (Lipinski definition) is 4. The normalized spacial score (nSPS) is 12.0. The molecule has 1 N–H and O–H groups in total. The summed E-state index contributed by atoms with van der Waals surface area (Å²) in [5.41, 5.74) is 0.150. The summed E-state index contributed by atoms with van der Waals surface area (Å²) in [5, 5.41) is 12.3. The van der Waals surface area contributed by atoms with E-state index in [1.54, 1.807) is 7.11 Å². The number of ether oxygens (including phenoxy) is 2. The fraction of sp³-hybridized carbons (Fsp3) is 0.533. The van der Waals surface area contributed by atoms with Crippen LogP contribution in [0.3, 0.4) is 0 Å². The highest BCUT2D eigenvalue weighted by molar-refractivity contribution is 6.30. The minimum Gasteiger partial charge on any atom is -0.492 e. The van der Waals surface area contributed by atoms with Gasteiger partial charge in [-0.05, 0) is 18.9 Å². The molecule has 1 aromatic carbocycles. The molecule has 21 heavy (non-hydrogen) atoms. The van der Waals surface area contributed by atoms with Crippen LogP contribution in [0.25, 0.3) is 0 Å². The average Bonchev–Trinajstić information content (AvgIpc) is 2.49. The predicted molar refractivity (Wildman–Crippen MR) is 80.2 cm³/mol. The Morgan fingerprint density at radius 1 is 1.43 bits per heavy atom. The summed E-state index contributed by atoms with van der Waals surface area (Å²) in [5.74, 6) is -0.302. The lowest BCUT2D eigenvalue weighted by atomic mass is 10.1. The van der Waals surface area contributed by atoms with Gasteiger partial charge in [0.05, 0.1) is 23.8 Å². The molecule has 1 atom stereocenters. The van der Waals surface area contributed by atoms with E-state index in [9.17, 15) is 4.39 Å². The summed E-state index contributed by atoms with van der Waals surface area (Å²) < 4.78 is 23.8. The van der Waals surface area contributed by atoms with Crippen molar-refractivity contribution in [1.29, 1.82) is 5.26 Å². The molecule has 0 heterocycles. The standard InChI is InChI=1S/C15H20ClFN2O2/c1-3-12(19-5-7-20-2)4-6-21-15-9-13(16)14(17)8-11(15)10-18/h8-9,12,19H,3-7H2,1-2H3. The molecule has 0 bridgehead atoms. The first-order valence-electron chi connectivity index (χ1n) is 6.86. The minimum absolute atomic E-state index is 0.0470. The summed E-state index contributed by atoms with van der Waals surface area (Å²) in [6.07, 6.45) is 1.74. The van der Waals surface area contributed by atoms with Crippen molar-refractivity contribution < 1.29 is 13.9 Å². The molecule has 0 aromatic heterocycles. The Morgan fingerprint density at radius 2 is 2.19 bits per heavy atom. The highest BCUT2D eigenvalue weighted by Gasteiger charge is 2.11. The first-order chi connectivity index (χ1) is 10.1. The molecule has 116 valence electrons. The van der Waals surface area contributed by atoms with Crippen molar-refractivity contribution in [2.45, 2.75) is 25.8 Å². The van der Waals surface area contributed by atoms with Crippen molar-refractivity contribution in [2.75, 3.05) is 26.9 Å². The van der Waals surface area contributed by atoms with Crippen LogP contribution in [-0.2, 0) is 4.74 Å². The molecule has 1 aromatic rings. The van der Waals surface area contributed by atoms with Crippen LogP contribution >= 0.6 is 11.6 Å². The third-order valence-electron chi connectivity index (χ3n) is 3.10. The Kier molecular flexibility index (Phi) is 8.06. The summed E-state index contributed by atoms with van der Waals surface area (Å²) in [6.45, 7) is 3.94. The van der Waals surface area contributed by atoms with E-state index in [4.69, 9.17) is 26.3 Å². The zero-order valence-corrected chi connectivity index (χ0v) is 13.0. The molecule has 0 fully saturated rings. The maximum absolute atomic E-state index is 13.3. The second kappa shape index (κ2) is 9.56. The molecule has 1 rings (SSSR count). The van der Waals surface area contributed by atoms with Crippen LogP contribution in [0.2, 0.25) is 5.02 Å². The van der Waals surface area contributed by atoms with Crippen molar-refractivity contribution in [3.05, 3.63) is 28.5 Å². The van der Waals surface area contributed by atoms with Crippen LogP contribution in [0.4, 0.5) is 4.39 Å². The van der Waals surface area contributed by atoms with Gasteiger partial charge in [0.2, 0.25) is 0 Å². The number of halogens is 2. The minimum atomic E-state index is -0.617. The molecule has 4 nitrogen and oxygen atoms in total. The van der Waals surface area contributed by atoms with Gasteiger partial charge in [0, 0.05) is 25.8 Å². The van der Waals surface area contributed by atoms with Gasteiger partial charge >= 0.3 is 0 Å². The maximum atomic E-state index is 13.3. The number of benzene rings is 1. The largest absolute Gasteiger partial charge is 0.492 e. The molecule has 0 amide bonds. The quantitative estimate of drug-likeness (QED) is 0.711. The van der Waals surface area contributed by atoms with Gasteiger partial charge in [-0.2, -0.15) is 5.26 Å². The lowest BCUT2D eigenvalue weighted by Gasteiger charge is -2.17. The summed E-state index contributed by atoms with van der Waals surface area (Å²) in [7, 11) is 1.66. The van der Waals surface area contributed by atoms with Gasteiger partial charge in [-0.1, -0.05) is 18.5 Å². The fourth-order valence-corrected chi connectivity index (χ4v) is 2.02. The Balaban J connectivity index is 2.51. The van der Waals surface area contributed by atoms with Crippen LogP contribution in [0.1, 0.15) is 25.3 Å². The monoisotopic (exact) mass is 314 g/mol. The van der Waals surface area contributed by atoms with Gasteiger partial charge in [0.15, 0.2) is 0 Å². The highest BCUT2D eigenvalue weighted by Crippen LogP contribution is 2.26. The summed E-state index contributed by atoms with van der Waals surface area (Å²) in [6, 6.07) is 4.64. The first-order valence-corrected chi connectivity index (χ1v) is 7.24. The molecule has 6 heteroatoms. The highest BCUT2D eigenvalue weighted by atomic mass is 35.5. The van der Waals surface area contributed by atoms with Crippen LogP contribution in [0.15, 0.2) is 12.1 Å². The summed E-state index contributed by atoms with van der Waals surface area (Å²) in [4.78, 5) is 0. The van der Waals surface area contributed by atoms with Gasteiger partial charge in [0.1, 0.15) is 17.6 Å². The van der Waals surface area contributed by atoms with Crippen molar-refractivity contribution in [1.82, 2.24) is 5.32 Å². The number of hydrogen-bond donors (Lipinski definition) is 1. The van der Waals surface area contributed by atoms with Gasteiger partial charge < -0.3 is 14.8 Å². The van der Waals surface area contributed by atoms with E-state index in [1.807, 2.05) is 6.07 Å². The van der Waals surface area contributed by atoms with Crippen molar-refractivity contribution in [2.24, 2.45) is 0 Å². The first kappa shape index (κ1) is 17.7. The molecule has 1 unspecified atom stereocenters. The van der Waals surface area contributed by atoms with E-state index in [0.29, 0.717) is 25.0 Å². The van der Waals surface area contributed by atoms with E-state index in [0.717, 1.165) is 25.5 Å². The predicted octanol–water partition coefficient (Wildman–Crippen LogP) is 3.13. The lowest BCUT2D eigenvalue weighted by molar-refractivity contribution is 0.191. The average molecular weight is 315 g/mol. The van der Waals surface area contributed by atoms with Gasteiger partial charge in [-0.3, -0.25) is 0 Å². The second-order valence-corrected chi connectivity index (χ2v) is 4.97. The van der Waals surface area contributed by atoms with Crippen LogP contribution in [-0.4, -0.2) is 32.9 Å². The molecular formula is C15H20ClFN2O2. The third-order valence-corrected chi connectivity index (χ3v) is 3.39. The molecule has 0 spiro atoms. The zero-order chi connectivity index (χ0) is 15.7. The van der Waals surface area contributed by atoms with Crippen molar-refractivity contribution in [3.63, 3.8) is 0 Å². The molecule has 0 aliphatic heterocycles. The topological polar surface area (TPSA) is 54.3 Å². The molecule has 0 aliphatic rings. The Morgan fingerprint density at radius 3 is 2.81 bits per heavy atom. The molecule has 0 saturated heterocycles. The Labute approximate surface area is 129 Å². The number of rotatable bonds is 9. The van der Waals surface area contributed by atoms with E-state index in [1.165, 1.54) is 6.07 Å². The fourth-order valence-electron chi connectivity index (χ4n) is 1.86.